The molecule has 1 aliphatic rings. The van der Waals surface area contributed by atoms with Crippen molar-refractivity contribution < 1.29 is 9.18 Å². The molecule has 1 fully saturated rings. The second-order valence-electron chi connectivity index (χ2n) is 9.29. The molecule has 0 N–H and O–H groups in total. The molecule has 3 heterocycles. The molecule has 6 heteroatoms. The molecule has 2 aromatic heterocycles. The Morgan fingerprint density at radius 2 is 1.73 bits per heavy atom. The number of hydrogen-bond acceptors (Lipinski definition) is 3. The summed E-state index contributed by atoms with van der Waals surface area (Å²) in [6, 6.07) is 18.0. The molecule has 168 valence electrons. The van der Waals surface area contributed by atoms with Gasteiger partial charge in [-0.3, -0.25) is 4.79 Å². The second kappa shape index (κ2) is 8.43. The Hall–Kier alpha value is -3.54. The Kier molecular flexibility index (Phi) is 5.44. The quantitative estimate of drug-likeness (QED) is 0.412. The number of halogens is 1. The first-order valence-electron chi connectivity index (χ1n) is 11.4. The Labute approximate surface area is 192 Å². The van der Waals surface area contributed by atoms with E-state index in [9.17, 15) is 9.18 Å². The van der Waals surface area contributed by atoms with Gasteiger partial charge in [0.05, 0.1) is 11.1 Å². The molecular weight excluding hydrogens is 415 g/mol. The first-order valence-corrected chi connectivity index (χ1v) is 11.4. The van der Waals surface area contributed by atoms with Crippen LogP contribution in [-0.4, -0.2) is 38.7 Å². The Morgan fingerprint density at radius 1 is 1.00 bits per heavy atom. The minimum absolute atomic E-state index is 0.0633. The summed E-state index contributed by atoms with van der Waals surface area (Å²) in [4.78, 5) is 20.1. The highest BCUT2D eigenvalue weighted by Crippen LogP contribution is 2.32. The number of piperidine rings is 1. The molecule has 1 amide bonds. The van der Waals surface area contributed by atoms with Gasteiger partial charge in [0.1, 0.15) is 17.2 Å². The van der Waals surface area contributed by atoms with Gasteiger partial charge in [0, 0.05) is 18.7 Å². The van der Waals surface area contributed by atoms with Gasteiger partial charge in [-0.2, -0.15) is 5.10 Å². The van der Waals surface area contributed by atoms with Crippen molar-refractivity contribution in [3.05, 3.63) is 77.7 Å². The molecule has 33 heavy (non-hydrogen) atoms. The molecule has 5 rings (SSSR count). The zero-order valence-corrected chi connectivity index (χ0v) is 19.1. The van der Waals surface area contributed by atoms with E-state index in [1.807, 2.05) is 48.2 Å². The van der Waals surface area contributed by atoms with Crippen LogP contribution in [0.25, 0.3) is 28.0 Å². The fourth-order valence-corrected chi connectivity index (χ4v) is 4.99. The van der Waals surface area contributed by atoms with E-state index in [1.54, 1.807) is 16.8 Å². The molecule has 0 aliphatic carbocycles. The van der Waals surface area contributed by atoms with E-state index >= 15 is 0 Å². The van der Waals surface area contributed by atoms with E-state index in [1.165, 1.54) is 12.1 Å². The molecule has 1 aliphatic heterocycles. The van der Waals surface area contributed by atoms with Crippen molar-refractivity contribution >= 4 is 16.9 Å². The molecule has 1 saturated heterocycles. The second-order valence-corrected chi connectivity index (χ2v) is 9.29. The third kappa shape index (κ3) is 4.01. The number of pyridine rings is 1. The minimum Gasteiger partial charge on any atom is -0.337 e. The highest BCUT2D eigenvalue weighted by Gasteiger charge is 2.28. The molecule has 2 atom stereocenters. The van der Waals surface area contributed by atoms with Crippen molar-refractivity contribution in [1.82, 2.24) is 19.7 Å². The molecule has 2 unspecified atom stereocenters. The first kappa shape index (κ1) is 21.3. The molecule has 0 bridgehead atoms. The maximum atomic E-state index is 14.1. The Balaban J connectivity index is 1.69. The number of likely N-dealkylation sites (tertiary alicyclic amines) is 1. The van der Waals surface area contributed by atoms with Crippen molar-refractivity contribution in [3.63, 3.8) is 0 Å². The van der Waals surface area contributed by atoms with E-state index in [2.05, 4.69) is 13.8 Å². The monoisotopic (exact) mass is 442 g/mol. The highest BCUT2D eigenvalue weighted by molar-refractivity contribution is 5.99. The SMILES string of the molecule is Cc1cc(C(=O)N2CC(C)CC(C)C2)nc2c1c(-c1ccccc1)nn2-c1cccc(F)c1. The fraction of sp³-hybridized carbons (Fsp3) is 0.296. The van der Waals surface area contributed by atoms with Gasteiger partial charge in [0.15, 0.2) is 5.65 Å². The summed E-state index contributed by atoms with van der Waals surface area (Å²) < 4.78 is 15.7. The van der Waals surface area contributed by atoms with Crippen molar-refractivity contribution in [2.75, 3.05) is 13.1 Å². The number of aromatic nitrogens is 3. The van der Waals surface area contributed by atoms with Crippen LogP contribution in [0.5, 0.6) is 0 Å². The molecule has 0 spiro atoms. The lowest BCUT2D eigenvalue weighted by Gasteiger charge is -2.34. The van der Waals surface area contributed by atoms with Crippen LogP contribution in [0.3, 0.4) is 0 Å². The topological polar surface area (TPSA) is 51.0 Å². The third-order valence-electron chi connectivity index (χ3n) is 6.31. The lowest BCUT2D eigenvalue weighted by atomic mass is 9.91. The number of nitrogens with zero attached hydrogens (tertiary/aromatic N) is 4. The summed E-state index contributed by atoms with van der Waals surface area (Å²) in [6.45, 7) is 7.82. The summed E-state index contributed by atoms with van der Waals surface area (Å²) in [5.74, 6) is 0.513. The van der Waals surface area contributed by atoms with Crippen molar-refractivity contribution in [1.29, 1.82) is 0 Å². The van der Waals surface area contributed by atoms with Crippen LogP contribution in [0.2, 0.25) is 0 Å². The third-order valence-corrected chi connectivity index (χ3v) is 6.31. The Morgan fingerprint density at radius 3 is 2.42 bits per heavy atom. The van der Waals surface area contributed by atoms with E-state index in [-0.39, 0.29) is 11.7 Å². The number of amides is 1. The molecule has 0 saturated carbocycles. The summed E-state index contributed by atoms with van der Waals surface area (Å²) >= 11 is 0. The smallest absolute Gasteiger partial charge is 0.272 e. The van der Waals surface area contributed by atoms with Crippen molar-refractivity contribution in [3.8, 4) is 16.9 Å². The van der Waals surface area contributed by atoms with Crippen LogP contribution >= 0.6 is 0 Å². The van der Waals surface area contributed by atoms with Crippen LogP contribution in [-0.2, 0) is 0 Å². The maximum Gasteiger partial charge on any atom is 0.272 e. The van der Waals surface area contributed by atoms with Gasteiger partial charge < -0.3 is 4.90 Å². The van der Waals surface area contributed by atoms with Crippen LogP contribution in [0.15, 0.2) is 60.7 Å². The molecule has 0 radical (unpaired) electrons. The summed E-state index contributed by atoms with van der Waals surface area (Å²) in [5.41, 5.74) is 4.15. The minimum atomic E-state index is -0.349. The van der Waals surface area contributed by atoms with Crippen molar-refractivity contribution in [2.24, 2.45) is 11.8 Å². The Bertz CT molecular complexity index is 1320. The highest BCUT2D eigenvalue weighted by atomic mass is 19.1. The first-order chi connectivity index (χ1) is 15.9. The van der Waals surface area contributed by atoms with Gasteiger partial charge in [0.2, 0.25) is 0 Å². The van der Waals surface area contributed by atoms with Gasteiger partial charge in [-0.1, -0.05) is 50.2 Å². The number of fused-ring (bicyclic) bond motifs is 1. The summed E-state index contributed by atoms with van der Waals surface area (Å²) in [7, 11) is 0. The van der Waals surface area contributed by atoms with Gasteiger partial charge in [-0.25, -0.2) is 14.1 Å². The average molecular weight is 443 g/mol. The van der Waals surface area contributed by atoms with Crippen LogP contribution in [0, 0.1) is 24.6 Å². The van der Waals surface area contributed by atoms with E-state index < -0.39 is 0 Å². The van der Waals surface area contributed by atoms with Crippen LogP contribution in [0.1, 0.15) is 36.3 Å². The van der Waals surface area contributed by atoms with Crippen LogP contribution < -0.4 is 0 Å². The lowest BCUT2D eigenvalue weighted by Crippen LogP contribution is -2.42. The number of aryl methyl sites for hydroxylation is 1. The summed E-state index contributed by atoms with van der Waals surface area (Å²) in [6.07, 6.45) is 1.13. The standard InChI is InChI=1S/C27H27FN4O/c1-17-12-18(2)16-31(15-17)27(33)23-13-19(3)24-25(20-8-5-4-6-9-20)30-32(26(24)29-23)22-11-7-10-21(28)14-22/h4-11,13-14,17-18H,12,15-16H2,1-3H3. The maximum absolute atomic E-state index is 14.1. The normalized spacial score (nSPS) is 18.6. The largest absolute Gasteiger partial charge is 0.337 e. The molecular formula is C27H27FN4O. The van der Waals surface area contributed by atoms with Gasteiger partial charge >= 0.3 is 0 Å². The van der Waals surface area contributed by atoms with Gasteiger partial charge in [-0.05, 0) is 55.0 Å². The van der Waals surface area contributed by atoms with E-state index in [0.717, 1.165) is 41.7 Å². The summed E-state index contributed by atoms with van der Waals surface area (Å²) in [5, 5.41) is 5.69. The number of carbonyl (C=O) groups excluding carboxylic acids is 1. The molecule has 2 aromatic carbocycles. The molecule has 4 aromatic rings. The number of rotatable bonds is 3. The average Bonchev–Trinajstić information content (AvgIpc) is 3.19. The number of carbonyl (C=O) groups is 1. The van der Waals surface area contributed by atoms with Gasteiger partial charge in [0.25, 0.3) is 5.91 Å². The zero-order chi connectivity index (χ0) is 23.1. The predicted octanol–water partition coefficient (Wildman–Crippen LogP) is 5.65. The lowest BCUT2D eigenvalue weighted by molar-refractivity contribution is 0.0617. The van der Waals surface area contributed by atoms with E-state index in [4.69, 9.17) is 10.1 Å². The van der Waals surface area contributed by atoms with E-state index in [0.29, 0.717) is 28.9 Å². The zero-order valence-electron chi connectivity index (χ0n) is 19.1. The predicted molar refractivity (Wildman–Crippen MR) is 128 cm³/mol. The van der Waals surface area contributed by atoms with Crippen molar-refractivity contribution in [2.45, 2.75) is 27.2 Å². The number of benzene rings is 2. The molecule has 5 nitrogen and oxygen atoms in total. The van der Waals surface area contributed by atoms with Gasteiger partial charge in [-0.15, -0.1) is 0 Å². The fourth-order valence-electron chi connectivity index (χ4n) is 4.99. The number of hydrogen-bond donors (Lipinski definition) is 0. The van der Waals surface area contributed by atoms with Crippen LogP contribution in [0.4, 0.5) is 4.39 Å².